The standard InChI is InChI=1S/C45H71NO12/c1-10-18-56-37-24-31(15-16-34(37)47)22-28(5)40-30(7)35(48)25-36(49)32(11-2)20-26(3)19-27(4)21-38(54-8)41-39(55-9)23-29(6)45(53,58-41)42(50)43(51)46-17-13-12-14-33(46)44(52)57-40/h10,20,22,27,29-35,37-41,47-48,53H,1,11-19,21,23-25H2,2-9H3. The molecule has 0 aromatic heterocycles. The minimum atomic E-state index is -2.51. The van der Waals surface area contributed by atoms with Crippen LogP contribution < -0.4 is 0 Å². The van der Waals surface area contributed by atoms with Crippen LogP contribution in [0.5, 0.6) is 0 Å². The van der Waals surface area contributed by atoms with Crippen molar-refractivity contribution in [2.45, 2.75) is 167 Å². The quantitative estimate of drug-likeness (QED) is 0.169. The molecule has 2 saturated heterocycles. The molecule has 1 amide bonds. The van der Waals surface area contributed by atoms with Crippen molar-refractivity contribution in [3.63, 3.8) is 0 Å². The van der Waals surface area contributed by atoms with E-state index >= 15 is 0 Å². The molecule has 58 heavy (non-hydrogen) atoms. The SMILES string of the molecule is C=CCOC1CC(C=C(C)C2OC(=O)C3CCCCN3C(=O)C(=O)C3(O)OC(C(OC)CC(C)CC(C)=CC(CC)C(=O)CC(O)C2C)C(OC)CC3C)CCC1O. The second-order valence-corrected chi connectivity index (χ2v) is 17.5. The molecule has 0 radical (unpaired) electrons. The van der Waals surface area contributed by atoms with E-state index in [1.807, 2.05) is 32.9 Å². The Hall–Kier alpha value is -2.78. The van der Waals surface area contributed by atoms with Gasteiger partial charge < -0.3 is 43.9 Å². The number of ether oxygens (including phenoxy) is 5. The number of cyclic esters (lactones) is 1. The van der Waals surface area contributed by atoms with Crippen molar-refractivity contribution in [3.8, 4) is 0 Å². The zero-order valence-electron chi connectivity index (χ0n) is 36.1. The Morgan fingerprint density at radius 3 is 2.31 bits per heavy atom. The third-order valence-corrected chi connectivity index (χ3v) is 13.0. The predicted molar refractivity (Wildman–Crippen MR) is 217 cm³/mol. The fourth-order valence-electron chi connectivity index (χ4n) is 9.51. The topological polar surface area (TPSA) is 178 Å². The van der Waals surface area contributed by atoms with E-state index in [0.717, 1.165) is 5.57 Å². The van der Waals surface area contributed by atoms with Crippen LogP contribution in [0.15, 0.2) is 36.0 Å². The molecule has 0 aromatic carbocycles. The van der Waals surface area contributed by atoms with Gasteiger partial charge in [0.25, 0.3) is 11.7 Å². The molecule has 3 aliphatic heterocycles. The third kappa shape index (κ3) is 11.5. The molecule has 13 nitrogen and oxygen atoms in total. The Labute approximate surface area is 345 Å². The molecule has 1 aliphatic carbocycles. The maximum absolute atomic E-state index is 14.3. The summed E-state index contributed by atoms with van der Waals surface area (Å²) in [6.45, 7) is 15.2. The first-order valence-electron chi connectivity index (χ1n) is 21.5. The highest BCUT2D eigenvalue weighted by Gasteiger charge is 2.56. The number of piperidine rings is 1. The summed E-state index contributed by atoms with van der Waals surface area (Å²) in [6, 6.07) is -1.14. The molecule has 328 valence electrons. The first-order valence-corrected chi connectivity index (χ1v) is 21.5. The fourth-order valence-corrected chi connectivity index (χ4v) is 9.51. The second kappa shape index (κ2) is 21.7. The van der Waals surface area contributed by atoms with Crippen molar-refractivity contribution < 1.29 is 58.2 Å². The van der Waals surface area contributed by atoms with Gasteiger partial charge in [0.2, 0.25) is 5.79 Å². The Bertz CT molecular complexity index is 1500. The minimum absolute atomic E-state index is 0.0310. The first-order chi connectivity index (χ1) is 27.5. The monoisotopic (exact) mass is 817 g/mol. The number of aliphatic hydroxyl groups is 3. The van der Waals surface area contributed by atoms with Crippen LogP contribution in [0.3, 0.4) is 0 Å². The largest absolute Gasteiger partial charge is 0.456 e. The highest BCUT2D eigenvalue weighted by Crippen LogP contribution is 2.39. The highest BCUT2D eigenvalue weighted by molar-refractivity contribution is 6.39. The van der Waals surface area contributed by atoms with Gasteiger partial charge >= 0.3 is 5.97 Å². The predicted octanol–water partition coefficient (Wildman–Crippen LogP) is 5.03. The lowest BCUT2D eigenvalue weighted by molar-refractivity contribution is -0.302. The van der Waals surface area contributed by atoms with Crippen LogP contribution in [0, 0.1) is 29.6 Å². The number of esters is 1. The Morgan fingerprint density at radius 1 is 0.966 bits per heavy atom. The normalized spacial score (nSPS) is 39.6. The molecule has 1 saturated carbocycles. The molecule has 2 bridgehead atoms. The number of aliphatic hydroxyl groups excluding tert-OH is 2. The molecule has 3 N–H and O–H groups in total. The van der Waals surface area contributed by atoms with E-state index in [1.54, 1.807) is 19.9 Å². The average molecular weight is 818 g/mol. The number of hydrogen-bond donors (Lipinski definition) is 3. The summed E-state index contributed by atoms with van der Waals surface area (Å²) < 4.78 is 30.1. The van der Waals surface area contributed by atoms with Gasteiger partial charge in [-0.3, -0.25) is 14.4 Å². The van der Waals surface area contributed by atoms with Crippen molar-refractivity contribution in [3.05, 3.63) is 36.0 Å². The Morgan fingerprint density at radius 2 is 1.66 bits per heavy atom. The number of rotatable bonds is 8. The number of methoxy groups -OCH3 is 2. The van der Waals surface area contributed by atoms with Crippen LogP contribution in [0.4, 0.5) is 0 Å². The highest BCUT2D eigenvalue weighted by atomic mass is 16.7. The van der Waals surface area contributed by atoms with Gasteiger partial charge in [0, 0.05) is 44.9 Å². The molecule has 3 heterocycles. The lowest BCUT2D eigenvalue weighted by Crippen LogP contribution is -2.64. The number of allylic oxidation sites excluding steroid dienone is 3. The van der Waals surface area contributed by atoms with Crippen LogP contribution >= 0.6 is 0 Å². The van der Waals surface area contributed by atoms with E-state index in [-0.39, 0.29) is 43.4 Å². The number of carbonyl (C=O) groups is 4. The molecule has 14 atom stereocenters. The van der Waals surface area contributed by atoms with Crippen LogP contribution in [0.2, 0.25) is 0 Å². The summed E-state index contributed by atoms with van der Waals surface area (Å²) in [5, 5.41) is 34.3. The van der Waals surface area contributed by atoms with Gasteiger partial charge in [0.05, 0.1) is 37.1 Å². The number of Topliss-reactive ketones (excluding diaryl/α,β-unsaturated/α-hetero) is 2. The summed E-state index contributed by atoms with van der Waals surface area (Å²) in [5.74, 6) is -7.59. The number of ketones is 2. The zero-order chi connectivity index (χ0) is 42.9. The van der Waals surface area contributed by atoms with Gasteiger partial charge in [-0.25, -0.2) is 4.79 Å². The van der Waals surface area contributed by atoms with Crippen molar-refractivity contribution in [1.82, 2.24) is 4.90 Å². The van der Waals surface area contributed by atoms with Crippen LogP contribution in [-0.4, -0.2) is 126 Å². The Balaban J connectivity index is 1.76. The molecular weight excluding hydrogens is 746 g/mol. The fraction of sp³-hybridized carbons (Fsp3) is 0.778. The second-order valence-electron chi connectivity index (χ2n) is 17.5. The van der Waals surface area contributed by atoms with Crippen molar-refractivity contribution >= 4 is 23.4 Å². The van der Waals surface area contributed by atoms with Gasteiger partial charge in [-0.2, -0.15) is 0 Å². The molecule has 0 aromatic rings. The van der Waals surface area contributed by atoms with Gasteiger partial charge in [0.15, 0.2) is 0 Å². The van der Waals surface area contributed by atoms with Crippen LogP contribution in [0.1, 0.15) is 112 Å². The van der Waals surface area contributed by atoms with E-state index in [2.05, 4.69) is 13.5 Å². The average Bonchev–Trinajstić information content (AvgIpc) is 3.20. The summed E-state index contributed by atoms with van der Waals surface area (Å²) in [6.07, 6.45) is 5.09. The molecule has 14 unspecified atom stereocenters. The number of nitrogens with zero attached hydrogens (tertiary/aromatic N) is 1. The van der Waals surface area contributed by atoms with Crippen molar-refractivity contribution in [1.29, 1.82) is 0 Å². The number of amides is 1. The molecule has 4 rings (SSSR count). The lowest BCUT2D eigenvalue weighted by atomic mass is 9.81. The van der Waals surface area contributed by atoms with Gasteiger partial charge in [0.1, 0.15) is 24.0 Å². The molecule has 13 heteroatoms. The van der Waals surface area contributed by atoms with Gasteiger partial charge in [-0.15, -0.1) is 6.58 Å². The maximum Gasteiger partial charge on any atom is 0.329 e. The van der Waals surface area contributed by atoms with Crippen molar-refractivity contribution in [2.24, 2.45) is 29.6 Å². The van der Waals surface area contributed by atoms with Crippen LogP contribution in [0.25, 0.3) is 0 Å². The summed E-state index contributed by atoms with van der Waals surface area (Å²) >= 11 is 0. The first kappa shape index (κ1) is 47.9. The third-order valence-electron chi connectivity index (χ3n) is 13.0. The smallest absolute Gasteiger partial charge is 0.329 e. The Kier molecular flexibility index (Phi) is 17.9. The van der Waals surface area contributed by atoms with Crippen molar-refractivity contribution in [2.75, 3.05) is 27.4 Å². The summed E-state index contributed by atoms with van der Waals surface area (Å²) in [7, 11) is 3.06. The van der Waals surface area contributed by atoms with E-state index in [9.17, 15) is 34.5 Å². The zero-order valence-corrected chi connectivity index (χ0v) is 36.1. The van der Waals surface area contributed by atoms with E-state index in [4.69, 9.17) is 23.7 Å². The van der Waals surface area contributed by atoms with E-state index < -0.39 is 90.0 Å². The molecule has 4 aliphatic rings. The molecule has 3 fully saturated rings. The van der Waals surface area contributed by atoms with Gasteiger partial charge in [-0.1, -0.05) is 51.5 Å². The number of fused-ring (bicyclic) bond motifs is 3. The molecular formula is C45H71NO12. The number of hydrogen-bond acceptors (Lipinski definition) is 12. The van der Waals surface area contributed by atoms with Crippen LogP contribution in [-0.2, 0) is 42.9 Å². The summed E-state index contributed by atoms with van der Waals surface area (Å²) in [4.78, 5) is 57.8. The van der Waals surface area contributed by atoms with E-state index in [0.29, 0.717) is 63.5 Å². The lowest BCUT2D eigenvalue weighted by Gasteiger charge is -2.47. The van der Waals surface area contributed by atoms with Gasteiger partial charge in [-0.05, 0) is 95.5 Å². The summed E-state index contributed by atoms with van der Waals surface area (Å²) in [5.41, 5.74) is 1.64. The maximum atomic E-state index is 14.3. The number of carbonyl (C=O) groups excluding carboxylic acids is 4. The van der Waals surface area contributed by atoms with E-state index in [1.165, 1.54) is 19.1 Å². The minimum Gasteiger partial charge on any atom is -0.456 e. The molecule has 0 spiro atoms.